The molecule has 2 N–H and O–H groups in total. The summed E-state index contributed by atoms with van der Waals surface area (Å²) in [7, 11) is 0. The molecule has 0 saturated carbocycles. The van der Waals surface area contributed by atoms with Gasteiger partial charge in [0.1, 0.15) is 5.03 Å². The summed E-state index contributed by atoms with van der Waals surface area (Å²) in [6, 6.07) is 7.86. The molecule has 0 aliphatic heterocycles. The molecule has 15 heavy (non-hydrogen) atoms. The maximum absolute atomic E-state index is 5.84. The number of aromatic nitrogens is 2. The molecule has 0 radical (unpaired) electrons. The first-order valence-electron chi connectivity index (χ1n) is 4.58. The molecule has 0 aliphatic rings. The first-order chi connectivity index (χ1) is 7.36. The molecule has 1 aromatic heterocycles. The summed E-state index contributed by atoms with van der Waals surface area (Å²) in [5.41, 5.74) is 7.80. The van der Waals surface area contributed by atoms with Gasteiger partial charge in [-0.05, 0) is 11.6 Å². The van der Waals surface area contributed by atoms with Crippen molar-refractivity contribution in [2.24, 2.45) is 0 Å². The van der Waals surface area contributed by atoms with Crippen LogP contribution in [0.5, 0.6) is 0 Å². The highest BCUT2D eigenvalue weighted by Gasteiger charge is 1.99. The average Bonchev–Trinajstić information content (AvgIpc) is 2.29. The Kier molecular flexibility index (Phi) is 3.19. The lowest BCUT2D eigenvalue weighted by molar-refractivity contribution is 1.05. The molecular formula is C11H11N3S. The Hall–Kier alpha value is -1.55. The first-order valence-corrected chi connectivity index (χ1v) is 5.57. The fourth-order valence-electron chi connectivity index (χ4n) is 1.18. The van der Waals surface area contributed by atoms with E-state index in [0.717, 1.165) is 22.0 Å². The molecule has 4 heteroatoms. The Bertz CT molecular complexity index is 431. The van der Waals surface area contributed by atoms with Crippen molar-refractivity contribution in [3.8, 4) is 0 Å². The highest BCUT2D eigenvalue weighted by atomic mass is 32.2. The SMILES string of the molecule is Nc1ccccc1CSc1cnccn1. The Morgan fingerprint density at radius 3 is 2.80 bits per heavy atom. The molecule has 2 rings (SSSR count). The second kappa shape index (κ2) is 4.79. The summed E-state index contributed by atoms with van der Waals surface area (Å²) in [6.45, 7) is 0. The quantitative estimate of drug-likeness (QED) is 0.633. The van der Waals surface area contributed by atoms with Gasteiger partial charge in [-0.3, -0.25) is 4.98 Å². The van der Waals surface area contributed by atoms with E-state index >= 15 is 0 Å². The maximum atomic E-state index is 5.84. The van der Waals surface area contributed by atoms with Crippen LogP contribution in [0.1, 0.15) is 5.56 Å². The van der Waals surface area contributed by atoms with Crippen molar-refractivity contribution < 1.29 is 0 Å². The Morgan fingerprint density at radius 2 is 2.07 bits per heavy atom. The molecule has 2 aromatic rings. The summed E-state index contributed by atoms with van der Waals surface area (Å²) < 4.78 is 0. The number of nitrogens with zero attached hydrogens (tertiary/aromatic N) is 2. The number of thioether (sulfide) groups is 1. The van der Waals surface area contributed by atoms with Crippen molar-refractivity contribution >= 4 is 17.4 Å². The van der Waals surface area contributed by atoms with Crippen molar-refractivity contribution in [1.29, 1.82) is 0 Å². The molecule has 0 unspecified atom stereocenters. The summed E-state index contributed by atoms with van der Waals surface area (Å²) in [6.07, 6.45) is 5.11. The zero-order valence-electron chi connectivity index (χ0n) is 8.13. The molecular weight excluding hydrogens is 206 g/mol. The van der Waals surface area contributed by atoms with Gasteiger partial charge in [0.2, 0.25) is 0 Å². The predicted octanol–water partition coefficient (Wildman–Crippen LogP) is 2.35. The summed E-state index contributed by atoms with van der Waals surface area (Å²) in [5, 5.41) is 0.917. The summed E-state index contributed by atoms with van der Waals surface area (Å²) in [4.78, 5) is 8.19. The lowest BCUT2D eigenvalue weighted by Crippen LogP contribution is -1.91. The minimum Gasteiger partial charge on any atom is -0.398 e. The first kappa shape index (κ1) is 9.98. The van der Waals surface area contributed by atoms with Crippen LogP contribution in [0.2, 0.25) is 0 Å². The number of nitrogen functional groups attached to an aromatic ring is 1. The Labute approximate surface area is 92.8 Å². The lowest BCUT2D eigenvalue weighted by Gasteiger charge is -2.03. The van der Waals surface area contributed by atoms with E-state index < -0.39 is 0 Å². The number of hydrogen-bond donors (Lipinski definition) is 1. The van der Waals surface area contributed by atoms with Crippen LogP contribution in [0.15, 0.2) is 47.9 Å². The Balaban J connectivity index is 2.03. The molecule has 1 aromatic carbocycles. The highest BCUT2D eigenvalue weighted by Crippen LogP contribution is 2.22. The van der Waals surface area contributed by atoms with Crippen LogP contribution in [-0.2, 0) is 5.75 Å². The van der Waals surface area contributed by atoms with Crippen molar-refractivity contribution in [1.82, 2.24) is 9.97 Å². The number of benzene rings is 1. The number of rotatable bonds is 3. The maximum Gasteiger partial charge on any atom is 0.115 e. The fourth-order valence-corrected chi connectivity index (χ4v) is 2.01. The van der Waals surface area contributed by atoms with Gasteiger partial charge in [0.15, 0.2) is 0 Å². The number of hydrogen-bond acceptors (Lipinski definition) is 4. The number of nitrogens with two attached hydrogens (primary N) is 1. The predicted molar refractivity (Wildman–Crippen MR) is 62.4 cm³/mol. The van der Waals surface area contributed by atoms with E-state index in [1.807, 2.05) is 24.3 Å². The van der Waals surface area contributed by atoms with Crippen molar-refractivity contribution in [3.63, 3.8) is 0 Å². The van der Waals surface area contributed by atoms with Gasteiger partial charge >= 0.3 is 0 Å². The van der Waals surface area contributed by atoms with Crippen LogP contribution in [0.4, 0.5) is 5.69 Å². The van der Waals surface area contributed by atoms with E-state index in [9.17, 15) is 0 Å². The van der Waals surface area contributed by atoms with Crippen LogP contribution in [-0.4, -0.2) is 9.97 Å². The van der Waals surface area contributed by atoms with Gasteiger partial charge < -0.3 is 5.73 Å². The van der Waals surface area contributed by atoms with Crippen molar-refractivity contribution in [3.05, 3.63) is 48.4 Å². The highest BCUT2D eigenvalue weighted by molar-refractivity contribution is 7.98. The van der Waals surface area contributed by atoms with E-state index in [4.69, 9.17) is 5.73 Å². The minimum atomic E-state index is 0.825. The zero-order valence-corrected chi connectivity index (χ0v) is 8.95. The largest absolute Gasteiger partial charge is 0.398 e. The molecule has 0 bridgehead atoms. The van der Waals surface area contributed by atoms with Crippen LogP contribution >= 0.6 is 11.8 Å². The molecule has 1 heterocycles. The Morgan fingerprint density at radius 1 is 1.20 bits per heavy atom. The third-order valence-corrected chi connectivity index (χ3v) is 2.93. The molecule has 3 nitrogen and oxygen atoms in total. The van der Waals surface area contributed by atoms with E-state index in [0.29, 0.717) is 0 Å². The van der Waals surface area contributed by atoms with Gasteiger partial charge in [0.05, 0.1) is 6.20 Å². The molecule has 0 fully saturated rings. The van der Waals surface area contributed by atoms with Gasteiger partial charge in [0.25, 0.3) is 0 Å². The summed E-state index contributed by atoms with van der Waals surface area (Å²) in [5.74, 6) is 0.825. The topological polar surface area (TPSA) is 51.8 Å². The average molecular weight is 217 g/mol. The van der Waals surface area contributed by atoms with Crippen molar-refractivity contribution in [2.75, 3.05) is 5.73 Å². The fraction of sp³-hybridized carbons (Fsp3) is 0.0909. The monoisotopic (exact) mass is 217 g/mol. The van der Waals surface area contributed by atoms with Crippen molar-refractivity contribution in [2.45, 2.75) is 10.8 Å². The third kappa shape index (κ3) is 2.70. The lowest BCUT2D eigenvalue weighted by atomic mass is 10.2. The second-order valence-corrected chi connectivity index (χ2v) is 4.03. The molecule has 0 spiro atoms. The smallest absolute Gasteiger partial charge is 0.115 e. The normalized spacial score (nSPS) is 10.1. The van der Waals surface area contributed by atoms with Gasteiger partial charge in [-0.1, -0.05) is 18.2 Å². The van der Waals surface area contributed by atoms with Crippen LogP contribution in [0, 0.1) is 0 Å². The molecule has 76 valence electrons. The molecule has 0 saturated heterocycles. The van der Waals surface area contributed by atoms with Crippen LogP contribution < -0.4 is 5.73 Å². The van der Waals surface area contributed by atoms with E-state index in [1.165, 1.54) is 0 Å². The molecule has 0 aliphatic carbocycles. The minimum absolute atomic E-state index is 0.825. The second-order valence-electron chi connectivity index (χ2n) is 3.03. The van der Waals surface area contributed by atoms with Gasteiger partial charge in [-0.15, -0.1) is 11.8 Å². The van der Waals surface area contributed by atoms with E-state index in [2.05, 4.69) is 9.97 Å². The van der Waals surface area contributed by atoms with Gasteiger partial charge in [-0.2, -0.15) is 0 Å². The van der Waals surface area contributed by atoms with E-state index in [-0.39, 0.29) is 0 Å². The summed E-state index contributed by atoms with van der Waals surface area (Å²) >= 11 is 1.63. The van der Waals surface area contributed by atoms with Gasteiger partial charge in [-0.25, -0.2) is 4.98 Å². The number of para-hydroxylation sites is 1. The molecule has 0 atom stereocenters. The van der Waals surface area contributed by atoms with Gasteiger partial charge in [0, 0.05) is 23.8 Å². The third-order valence-electron chi connectivity index (χ3n) is 1.97. The zero-order chi connectivity index (χ0) is 10.5. The standard InChI is InChI=1S/C11H11N3S/c12-10-4-2-1-3-9(10)8-15-11-7-13-5-6-14-11/h1-7H,8,12H2. The van der Waals surface area contributed by atoms with E-state index in [1.54, 1.807) is 30.4 Å². The molecule has 0 amide bonds. The van der Waals surface area contributed by atoms with Crippen LogP contribution in [0.25, 0.3) is 0 Å². The van der Waals surface area contributed by atoms with Crippen LogP contribution in [0.3, 0.4) is 0 Å². The number of anilines is 1.